The summed E-state index contributed by atoms with van der Waals surface area (Å²) in [5, 5.41) is 12.3. The Labute approximate surface area is 134 Å². The van der Waals surface area contributed by atoms with Crippen molar-refractivity contribution in [3.05, 3.63) is 44.5 Å². The molecule has 1 heterocycles. The molecule has 0 saturated heterocycles. The number of pyridine rings is 1. The molecule has 4 nitrogen and oxygen atoms in total. The molecular formula is C14H11Br2N3O. The van der Waals surface area contributed by atoms with E-state index in [0.717, 1.165) is 20.3 Å². The Morgan fingerprint density at radius 1 is 1.25 bits per heavy atom. The fraction of sp³-hybridized carbons (Fsp3) is 0.143. The molecule has 1 aromatic carbocycles. The summed E-state index contributed by atoms with van der Waals surface area (Å²) >= 11 is 6.89. The molecule has 102 valence electrons. The lowest BCUT2D eigenvalue weighted by atomic mass is 10.2. The molecule has 0 aliphatic heterocycles. The summed E-state index contributed by atoms with van der Waals surface area (Å²) in [6.45, 7) is 1.88. The minimum Gasteiger partial charge on any atom is -0.495 e. The van der Waals surface area contributed by atoms with E-state index in [-0.39, 0.29) is 0 Å². The summed E-state index contributed by atoms with van der Waals surface area (Å²) in [5.74, 6) is 1.22. The maximum Gasteiger partial charge on any atom is 0.148 e. The number of halogens is 2. The highest BCUT2D eigenvalue weighted by molar-refractivity contribution is 9.11. The van der Waals surface area contributed by atoms with Crippen LogP contribution in [0, 0.1) is 18.3 Å². The largest absolute Gasteiger partial charge is 0.495 e. The van der Waals surface area contributed by atoms with E-state index in [0.29, 0.717) is 17.1 Å². The number of nitriles is 1. The van der Waals surface area contributed by atoms with Gasteiger partial charge in [0.2, 0.25) is 0 Å². The molecule has 0 spiro atoms. The number of aryl methyl sites for hydroxylation is 1. The molecule has 1 N–H and O–H groups in total. The van der Waals surface area contributed by atoms with Gasteiger partial charge in [0.15, 0.2) is 0 Å². The predicted octanol–water partition coefficient (Wildman–Crippen LogP) is 4.54. The number of rotatable bonds is 3. The smallest absolute Gasteiger partial charge is 0.148 e. The lowest BCUT2D eigenvalue weighted by Gasteiger charge is -2.12. The van der Waals surface area contributed by atoms with Crippen molar-refractivity contribution in [3.8, 4) is 11.8 Å². The molecule has 0 radical (unpaired) electrons. The summed E-state index contributed by atoms with van der Waals surface area (Å²) in [4.78, 5) is 4.35. The van der Waals surface area contributed by atoms with Gasteiger partial charge < -0.3 is 10.1 Å². The molecule has 0 unspecified atom stereocenters. The third-order valence-electron chi connectivity index (χ3n) is 2.65. The second kappa shape index (κ2) is 6.25. The number of anilines is 2. The summed E-state index contributed by atoms with van der Waals surface area (Å²) in [6, 6.07) is 9.38. The van der Waals surface area contributed by atoms with E-state index in [9.17, 15) is 0 Å². The number of benzene rings is 1. The summed E-state index contributed by atoms with van der Waals surface area (Å²) in [6.07, 6.45) is 0. The Morgan fingerprint density at radius 3 is 2.65 bits per heavy atom. The van der Waals surface area contributed by atoms with Crippen LogP contribution in [-0.4, -0.2) is 12.1 Å². The van der Waals surface area contributed by atoms with Crippen molar-refractivity contribution in [3.63, 3.8) is 0 Å². The fourth-order valence-electron chi connectivity index (χ4n) is 1.65. The van der Waals surface area contributed by atoms with E-state index >= 15 is 0 Å². The van der Waals surface area contributed by atoms with Gasteiger partial charge in [0, 0.05) is 16.2 Å². The van der Waals surface area contributed by atoms with Gasteiger partial charge in [0.1, 0.15) is 17.6 Å². The van der Waals surface area contributed by atoms with Gasteiger partial charge in [0.25, 0.3) is 0 Å². The van der Waals surface area contributed by atoms with Crippen molar-refractivity contribution in [1.82, 2.24) is 4.98 Å². The van der Waals surface area contributed by atoms with Gasteiger partial charge in [-0.1, -0.05) is 0 Å². The van der Waals surface area contributed by atoms with Crippen molar-refractivity contribution < 1.29 is 4.74 Å². The first-order valence-corrected chi connectivity index (χ1v) is 7.31. The van der Waals surface area contributed by atoms with Gasteiger partial charge in [-0.2, -0.15) is 5.26 Å². The molecular weight excluding hydrogens is 386 g/mol. The third kappa shape index (κ3) is 3.11. The van der Waals surface area contributed by atoms with Crippen molar-refractivity contribution in [2.75, 3.05) is 12.4 Å². The first-order valence-electron chi connectivity index (χ1n) is 5.73. The molecule has 2 aromatic rings. The second-order valence-corrected chi connectivity index (χ2v) is 5.76. The van der Waals surface area contributed by atoms with Gasteiger partial charge >= 0.3 is 0 Å². The van der Waals surface area contributed by atoms with Crippen molar-refractivity contribution in [2.24, 2.45) is 0 Å². The monoisotopic (exact) mass is 395 g/mol. The van der Waals surface area contributed by atoms with Gasteiger partial charge in [-0.05, 0) is 57.0 Å². The van der Waals surface area contributed by atoms with Crippen LogP contribution in [-0.2, 0) is 0 Å². The van der Waals surface area contributed by atoms with E-state index < -0.39 is 0 Å². The number of hydrogen-bond acceptors (Lipinski definition) is 4. The molecule has 0 aliphatic carbocycles. The topological polar surface area (TPSA) is 57.9 Å². The first kappa shape index (κ1) is 14.8. The Bertz CT molecular complexity index is 696. The molecule has 0 amide bonds. The molecule has 0 aliphatic rings. The van der Waals surface area contributed by atoms with Crippen molar-refractivity contribution in [1.29, 1.82) is 5.26 Å². The zero-order chi connectivity index (χ0) is 14.7. The summed E-state index contributed by atoms with van der Waals surface area (Å²) in [5.41, 5.74) is 2.11. The van der Waals surface area contributed by atoms with Crippen LogP contribution in [0.2, 0.25) is 0 Å². The van der Waals surface area contributed by atoms with E-state index in [1.165, 1.54) is 0 Å². The van der Waals surface area contributed by atoms with Crippen molar-refractivity contribution >= 4 is 43.4 Å². The second-order valence-electron chi connectivity index (χ2n) is 4.05. The highest BCUT2D eigenvalue weighted by atomic mass is 79.9. The van der Waals surface area contributed by atoms with Crippen LogP contribution < -0.4 is 10.1 Å². The number of aromatic nitrogens is 1. The molecule has 20 heavy (non-hydrogen) atoms. The summed E-state index contributed by atoms with van der Waals surface area (Å²) in [7, 11) is 1.60. The molecule has 2 rings (SSSR count). The Balaban J connectivity index is 2.45. The molecule has 0 atom stereocenters. The number of ether oxygens (including phenoxy) is 1. The highest BCUT2D eigenvalue weighted by Crippen LogP contribution is 2.36. The first-order chi connectivity index (χ1) is 9.55. The standard InChI is InChI=1S/C14H11Br2N3O/c1-8-3-4-9(7-17)14(18-8)19-12-6-13(20-2)11(16)5-10(12)15/h3-6H,1-2H3,(H,18,19). The van der Waals surface area contributed by atoms with Gasteiger partial charge in [-0.15, -0.1) is 0 Å². The zero-order valence-corrected chi connectivity index (χ0v) is 14.0. The number of hydrogen-bond donors (Lipinski definition) is 1. The van der Waals surface area contributed by atoms with Crippen LogP contribution in [0.15, 0.2) is 33.2 Å². The van der Waals surface area contributed by atoms with Gasteiger partial charge in [-0.3, -0.25) is 0 Å². The van der Waals surface area contributed by atoms with Crippen LogP contribution in [0.4, 0.5) is 11.5 Å². The Hall–Kier alpha value is -1.58. The van der Waals surface area contributed by atoms with Crippen LogP contribution in [0.5, 0.6) is 5.75 Å². The van der Waals surface area contributed by atoms with Crippen LogP contribution >= 0.6 is 31.9 Å². The number of methoxy groups -OCH3 is 1. The predicted molar refractivity (Wildman–Crippen MR) is 85.4 cm³/mol. The van der Waals surface area contributed by atoms with Gasteiger partial charge in [-0.25, -0.2) is 4.98 Å². The van der Waals surface area contributed by atoms with E-state index in [1.807, 2.05) is 19.1 Å². The fourth-order valence-corrected chi connectivity index (χ4v) is 2.91. The van der Waals surface area contributed by atoms with Crippen LogP contribution in [0.1, 0.15) is 11.3 Å². The Kier molecular flexibility index (Phi) is 4.63. The van der Waals surface area contributed by atoms with E-state index in [1.54, 1.807) is 19.2 Å². The molecule has 6 heteroatoms. The SMILES string of the molecule is COc1cc(Nc2nc(C)ccc2C#N)c(Br)cc1Br. The molecule has 1 aromatic heterocycles. The van der Waals surface area contributed by atoms with E-state index in [2.05, 4.69) is 48.2 Å². The zero-order valence-electron chi connectivity index (χ0n) is 10.9. The Morgan fingerprint density at radius 2 is 2.00 bits per heavy atom. The minimum atomic E-state index is 0.490. The number of nitrogens with zero attached hydrogens (tertiary/aromatic N) is 2. The maximum atomic E-state index is 9.13. The van der Waals surface area contributed by atoms with Crippen LogP contribution in [0.25, 0.3) is 0 Å². The average Bonchev–Trinajstić information content (AvgIpc) is 2.42. The quantitative estimate of drug-likeness (QED) is 0.827. The lowest BCUT2D eigenvalue weighted by Crippen LogP contribution is -1.99. The van der Waals surface area contributed by atoms with Crippen molar-refractivity contribution in [2.45, 2.75) is 6.92 Å². The third-order valence-corrected chi connectivity index (χ3v) is 3.93. The van der Waals surface area contributed by atoms with Crippen LogP contribution in [0.3, 0.4) is 0 Å². The summed E-state index contributed by atoms with van der Waals surface area (Å²) < 4.78 is 6.95. The normalized spacial score (nSPS) is 9.95. The molecule has 0 bridgehead atoms. The molecule has 0 saturated carbocycles. The van der Waals surface area contributed by atoms with Gasteiger partial charge in [0.05, 0.1) is 22.8 Å². The lowest BCUT2D eigenvalue weighted by molar-refractivity contribution is 0.412. The average molecular weight is 397 g/mol. The van der Waals surface area contributed by atoms with E-state index in [4.69, 9.17) is 10.00 Å². The highest BCUT2D eigenvalue weighted by Gasteiger charge is 2.10. The molecule has 0 fully saturated rings. The minimum absolute atomic E-state index is 0.490. The number of nitrogens with one attached hydrogen (secondary N) is 1. The maximum absolute atomic E-state index is 9.13.